The smallest absolute Gasteiger partial charge is 0.187 e. The van der Waals surface area contributed by atoms with Crippen LogP contribution in [0, 0.1) is 0 Å². The van der Waals surface area contributed by atoms with Crippen molar-refractivity contribution in [2.45, 2.75) is 31.5 Å². The van der Waals surface area contributed by atoms with Crippen molar-refractivity contribution in [1.29, 1.82) is 0 Å². The third-order valence-electron chi connectivity index (χ3n) is 2.52. The molecule has 1 aliphatic heterocycles. The second kappa shape index (κ2) is 4.28. The molecule has 0 bridgehead atoms. The van der Waals surface area contributed by atoms with Gasteiger partial charge in [-0.25, -0.2) is 9.97 Å². The Hall–Kier alpha value is -0.610. The molecule has 0 saturated heterocycles. The van der Waals surface area contributed by atoms with Crippen LogP contribution < -0.4 is 5.32 Å². The van der Waals surface area contributed by atoms with Crippen LogP contribution in [-0.4, -0.2) is 22.8 Å². The second-order valence-electron chi connectivity index (χ2n) is 3.36. The van der Waals surface area contributed by atoms with Crippen LogP contribution in [0.3, 0.4) is 0 Å². The molecule has 1 N–H and O–H groups in total. The van der Waals surface area contributed by atoms with Gasteiger partial charge in [0.25, 0.3) is 0 Å². The van der Waals surface area contributed by atoms with Crippen molar-refractivity contribution in [1.82, 2.24) is 15.3 Å². The highest BCUT2D eigenvalue weighted by molar-refractivity contribution is 7.98. The Morgan fingerprint density at radius 3 is 3.00 bits per heavy atom. The van der Waals surface area contributed by atoms with E-state index in [9.17, 15) is 0 Å². The van der Waals surface area contributed by atoms with E-state index in [0.717, 1.165) is 31.1 Å². The fourth-order valence-corrected chi connectivity index (χ4v) is 2.20. The van der Waals surface area contributed by atoms with E-state index in [-0.39, 0.29) is 0 Å². The number of hydrogen-bond donors (Lipinski definition) is 1. The normalized spacial score (nSPS) is 15.3. The fourth-order valence-electron chi connectivity index (χ4n) is 1.80. The van der Waals surface area contributed by atoms with Gasteiger partial charge in [-0.15, -0.1) is 0 Å². The van der Waals surface area contributed by atoms with Crippen LogP contribution in [0.1, 0.15) is 23.9 Å². The molecule has 1 aliphatic rings. The third-order valence-corrected chi connectivity index (χ3v) is 3.07. The number of thioether (sulfide) groups is 1. The van der Waals surface area contributed by atoms with E-state index in [1.54, 1.807) is 11.8 Å². The third kappa shape index (κ3) is 1.77. The van der Waals surface area contributed by atoms with Crippen LogP contribution in [0.4, 0.5) is 0 Å². The molecule has 0 aromatic carbocycles. The Labute approximate surface area is 88.7 Å². The lowest BCUT2D eigenvalue weighted by molar-refractivity contribution is 0.603. The Bertz CT molecular complexity index is 321. The lowest BCUT2D eigenvalue weighted by Gasteiger charge is -2.18. The predicted molar refractivity (Wildman–Crippen MR) is 58.6 cm³/mol. The lowest BCUT2D eigenvalue weighted by Crippen LogP contribution is -2.26. The first-order valence-corrected chi connectivity index (χ1v) is 6.21. The monoisotopic (exact) mass is 209 g/mol. The van der Waals surface area contributed by atoms with Gasteiger partial charge in [-0.1, -0.05) is 18.7 Å². The molecule has 0 unspecified atom stereocenters. The summed E-state index contributed by atoms with van der Waals surface area (Å²) in [6.07, 6.45) is 4.11. The molecule has 0 saturated carbocycles. The van der Waals surface area contributed by atoms with Crippen LogP contribution in [0.25, 0.3) is 0 Å². The van der Waals surface area contributed by atoms with Gasteiger partial charge in [0, 0.05) is 12.2 Å². The number of aromatic nitrogens is 2. The van der Waals surface area contributed by atoms with Crippen LogP contribution in [0.15, 0.2) is 5.16 Å². The summed E-state index contributed by atoms with van der Waals surface area (Å²) in [5, 5.41) is 4.25. The molecule has 0 radical (unpaired) electrons. The zero-order valence-electron chi connectivity index (χ0n) is 8.63. The van der Waals surface area contributed by atoms with Crippen molar-refractivity contribution < 1.29 is 0 Å². The molecule has 2 rings (SSSR count). The maximum atomic E-state index is 4.55. The number of rotatable bonds is 2. The quantitative estimate of drug-likeness (QED) is 0.590. The zero-order chi connectivity index (χ0) is 9.97. The van der Waals surface area contributed by atoms with Crippen LogP contribution in [0.5, 0.6) is 0 Å². The maximum Gasteiger partial charge on any atom is 0.187 e. The summed E-state index contributed by atoms with van der Waals surface area (Å²) in [5.74, 6) is 0. The Morgan fingerprint density at radius 1 is 1.43 bits per heavy atom. The van der Waals surface area contributed by atoms with Crippen molar-refractivity contribution in [3.63, 3.8) is 0 Å². The molecule has 1 aromatic rings. The number of fused-ring (bicyclic) bond motifs is 1. The molecule has 0 atom stereocenters. The van der Waals surface area contributed by atoms with E-state index in [2.05, 4.69) is 22.2 Å². The van der Waals surface area contributed by atoms with E-state index in [1.807, 2.05) is 6.26 Å². The van der Waals surface area contributed by atoms with E-state index in [0.29, 0.717) is 0 Å². The van der Waals surface area contributed by atoms with Crippen molar-refractivity contribution in [2.75, 3.05) is 12.8 Å². The van der Waals surface area contributed by atoms with Gasteiger partial charge in [0.05, 0.1) is 5.69 Å². The number of nitrogens with zero attached hydrogens (tertiary/aromatic N) is 2. The van der Waals surface area contributed by atoms with Gasteiger partial charge in [-0.05, 0) is 31.2 Å². The van der Waals surface area contributed by atoms with Crippen LogP contribution >= 0.6 is 11.8 Å². The standard InChI is InChI=1S/C10H15N3S/c1-3-8-7-4-5-11-6-9(7)13-10(12-8)14-2/h11H,3-6H2,1-2H3. The molecular weight excluding hydrogens is 194 g/mol. The average Bonchev–Trinajstić information content (AvgIpc) is 2.27. The first kappa shape index (κ1) is 9.93. The largest absolute Gasteiger partial charge is 0.311 e. The number of nitrogens with one attached hydrogen (secondary N) is 1. The number of hydrogen-bond acceptors (Lipinski definition) is 4. The number of aryl methyl sites for hydroxylation is 1. The molecule has 0 spiro atoms. The van der Waals surface area contributed by atoms with Gasteiger partial charge < -0.3 is 5.32 Å². The predicted octanol–water partition coefficient (Wildman–Crippen LogP) is 1.41. The van der Waals surface area contributed by atoms with Crippen molar-refractivity contribution in [3.8, 4) is 0 Å². The van der Waals surface area contributed by atoms with Crippen LogP contribution in [-0.2, 0) is 19.4 Å². The highest BCUT2D eigenvalue weighted by Gasteiger charge is 2.15. The van der Waals surface area contributed by atoms with E-state index in [1.165, 1.54) is 17.0 Å². The molecule has 2 heterocycles. The highest BCUT2D eigenvalue weighted by atomic mass is 32.2. The fraction of sp³-hybridized carbons (Fsp3) is 0.600. The molecule has 14 heavy (non-hydrogen) atoms. The summed E-state index contributed by atoms with van der Waals surface area (Å²) in [6, 6.07) is 0. The van der Waals surface area contributed by atoms with E-state index in [4.69, 9.17) is 0 Å². The van der Waals surface area contributed by atoms with Gasteiger partial charge in [-0.3, -0.25) is 0 Å². The van der Waals surface area contributed by atoms with Gasteiger partial charge in [0.1, 0.15) is 0 Å². The van der Waals surface area contributed by atoms with Crippen molar-refractivity contribution in [2.24, 2.45) is 0 Å². The SMILES string of the molecule is CCc1nc(SC)nc2c1CCNC2. The van der Waals surface area contributed by atoms with Crippen LogP contribution in [0.2, 0.25) is 0 Å². The summed E-state index contributed by atoms with van der Waals surface area (Å²) < 4.78 is 0. The summed E-state index contributed by atoms with van der Waals surface area (Å²) in [4.78, 5) is 9.08. The molecule has 1 aromatic heterocycles. The summed E-state index contributed by atoms with van der Waals surface area (Å²) in [6.45, 7) is 4.12. The van der Waals surface area contributed by atoms with Crippen molar-refractivity contribution >= 4 is 11.8 Å². The minimum absolute atomic E-state index is 0.901. The first-order valence-electron chi connectivity index (χ1n) is 4.98. The molecule has 3 nitrogen and oxygen atoms in total. The molecule has 0 amide bonds. The summed E-state index contributed by atoms with van der Waals surface area (Å²) >= 11 is 1.62. The Morgan fingerprint density at radius 2 is 2.29 bits per heavy atom. The average molecular weight is 209 g/mol. The van der Waals surface area contributed by atoms with Gasteiger partial charge in [0.2, 0.25) is 0 Å². The molecular formula is C10H15N3S. The van der Waals surface area contributed by atoms with E-state index >= 15 is 0 Å². The molecule has 4 heteroatoms. The van der Waals surface area contributed by atoms with Crippen molar-refractivity contribution in [3.05, 3.63) is 17.0 Å². The molecule has 76 valence electrons. The van der Waals surface area contributed by atoms with Gasteiger partial charge in [0.15, 0.2) is 5.16 Å². The second-order valence-corrected chi connectivity index (χ2v) is 4.14. The minimum Gasteiger partial charge on any atom is -0.311 e. The minimum atomic E-state index is 0.901. The summed E-state index contributed by atoms with van der Waals surface area (Å²) in [5.41, 5.74) is 3.82. The first-order chi connectivity index (χ1) is 6.85. The topological polar surface area (TPSA) is 37.8 Å². The Kier molecular flexibility index (Phi) is 3.03. The molecule has 0 aliphatic carbocycles. The zero-order valence-corrected chi connectivity index (χ0v) is 9.45. The van der Waals surface area contributed by atoms with Gasteiger partial charge in [-0.2, -0.15) is 0 Å². The van der Waals surface area contributed by atoms with E-state index < -0.39 is 0 Å². The van der Waals surface area contributed by atoms with Gasteiger partial charge >= 0.3 is 0 Å². The lowest BCUT2D eigenvalue weighted by atomic mass is 10.0. The maximum absolute atomic E-state index is 4.55. The Balaban J connectivity index is 2.47. The highest BCUT2D eigenvalue weighted by Crippen LogP contribution is 2.19. The summed E-state index contributed by atoms with van der Waals surface area (Å²) in [7, 11) is 0. The molecule has 0 fully saturated rings.